The van der Waals surface area contributed by atoms with Gasteiger partial charge in [0.25, 0.3) is 0 Å². The molecule has 7 heavy (non-hydrogen) atoms. The molecule has 0 radical (unpaired) electrons. The first-order valence-corrected chi connectivity index (χ1v) is 1.25. The van der Waals surface area contributed by atoms with Gasteiger partial charge in [-0.1, -0.05) is 0 Å². The fourth-order valence-electron chi connectivity index (χ4n) is 0.0589. The quantitative estimate of drug-likeness (QED) is 0.402. The van der Waals surface area contributed by atoms with E-state index >= 15 is 0 Å². The molecule has 0 unspecified atom stereocenters. The Morgan fingerprint density at radius 1 is 1.71 bits per heavy atom. The molecule has 0 fully saturated rings. The summed E-state index contributed by atoms with van der Waals surface area (Å²) in [7, 11) is 1.45. The molecule has 0 aromatic carbocycles. The zero-order valence-electron chi connectivity index (χ0n) is 4.14. The van der Waals surface area contributed by atoms with Gasteiger partial charge in [0.05, 0.1) is 0 Å². The average molecular weight is 154 g/mol. The Labute approximate surface area is 55.1 Å². The zero-order valence-corrected chi connectivity index (χ0v) is 7.11. The van der Waals surface area contributed by atoms with E-state index in [1.165, 1.54) is 7.11 Å². The van der Waals surface area contributed by atoms with Crippen molar-refractivity contribution in [2.45, 2.75) is 0 Å². The Balaban J connectivity index is -0.0000000800. The maximum Gasteiger partial charge on any atom is 2.00 e. The van der Waals surface area contributed by atoms with Crippen LogP contribution in [0.25, 0.3) is 0 Å². The number of ether oxygens (including phenoxy) is 1. The normalized spacial score (nSPS) is 5.29. The summed E-state index contributed by atoms with van der Waals surface area (Å²) in [5.74, 6) is 0. The van der Waals surface area contributed by atoms with Crippen LogP contribution in [-0.2, 0) is 34.5 Å². The SMILES string of the molecule is COC[C-]=O.[O-2].[Zn+2]. The molecule has 0 aromatic heterocycles. The smallest absolute Gasteiger partial charge is 2.00 e. The minimum absolute atomic E-state index is 0. The summed E-state index contributed by atoms with van der Waals surface area (Å²) >= 11 is 0. The van der Waals surface area contributed by atoms with Gasteiger partial charge in [-0.05, 0) is 6.61 Å². The molecule has 0 aliphatic rings. The molecular formula is C3H5O3Zn-. The molecule has 0 aliphatic carbocycles. The molecule has 0 rings (SSSR count). The van der Waals surface area contributed by atoms with E-state index in [9.17, 15) is 0 Å². The molecule has 4 heteroatoms. The van der Waals surface area contributed by atoms with Crippen molar-refractivity contribution in [2.75, 3.05) is 13.7 Å². The molecule has 0 saturated carbocycles. The van der Waals surface area contributed by atoms with Crippen molar-refractivity contribution in [3.8, 4) is 0 Å². The molecule has 0 N–H and O–H groups in total. The molecule has 0 aliphatic heterocycles. The van der Waals surface area contributed by atoms with Gasteiger partial charge >= 0.3 is 19.5 Å². The molecule has 0 heterocycles. The Morgan fingerprint density at radius 3 is 2.14 bits per heavy atom. The van der Waals surface area contributed by atoms with E-state index in [4.69, 9.17) is 4.79 Å². The van der Waals surface area contributed by atoms with E-state index in [0.717, 1.165) is 0 Å². The molecule has 3 nitrogen and oxygen atoms in total. The van der Waals surface area contributed by atoms with Crippen LogP contribution in [-0.4, -0.2) is 20.0 Å². The van der Waals surface area contributed by atoms with Gasteiger partial charge in [-0.3, -0.25) is 0 Å². The average Bonchev–Trinajstić information content (AvgIpc) is 1.41. The number of methoxy groups -OCH3 is 1. The van der Waals surface area contributed by atoms with Gasteiger partial charge in [0.15, 0.2) is 0 Å². The van der Waals surface area contributed by atoms with Crippen molar-refractivity contribution in [1.29, 1.82) is 0 Å². The van der Waals surface area contributed by atoms with Crippen molar-refractivity contribution in [1.82, 2.24) is 0 Å². The number of hydrogen-bond acceptors (Lipinski definition) is 2. The summed E-state index contributed by atoms with van der Waals surface area (Å²) in [5.41, 5.74) is 0. The predicted molar refractivity (Wildman–Crippen MR) is 18.3 cm³/mol. The molecule has 0 aromatic rings. The number of rotatable bonds is 2. The van der Waals surface area contributed by atoms with Gasteiger partial charge in [0.2, 0.25) is 0 Å². The van der Waals surface area contributed by atoms with Gasteiger partial charge in [-0.2, -0.15) is 0 Å². The molecular weight excluding hydrogens is 149 g/mol. The summed E-state index contributed by atoms with van der Waals surface area (Å²) < 4.78 is 4.27. The first kappa shape index (κ1) is 15.7. The molecule has 0 atom stereocenters. The van der Waals surface area contributed by atoms with Crippen LogP contribution >= 0.6 is 0 Å². The van der Waals surface area contributed by atoms with E-state index in [2.05, 4.69) is 4.74 Å². The third kappa shape index (κ3) is 22.5. The van der Waals surface area contributed by atoms with E-state index < -0.39 is 0 Å². The van der Waals surface area contributed by atoms with E-state index in [0.29, 0.717) is 0 Å². The molecule has 38 valence electrons. The Kier molecular flexibility index (Phi) is 36.7. The predicted octanol–water partition coefficient (Wildman–Crippen LogP) is -0.379. The molecule has 0 saturated heterocycles. The molecule has 0 spiro atoms. The fraction of sp³-hybridized carbons (Fsp3) is 0.667. The van der Waals surface area contributed by atoms with Gasteiger partial charge in [-0.15, -0.1) is 0 Å². The van der Waals surface area contributed by atoms with Crippen molar-refractivity contribution >= 4 is 6.29 Å². The maximum atomic E-state index is 9.15. The monoisotopic (exact) mass is 153 g/mol. The maximum absolute atomic E-state index is 9.15. The molecule has 0 amide bonds. The van der Waals surface area contributed by atoms with Gasteiger partial charge in [-0.25, -0.2) is 6.29 Å². The number of carbonyl (C=O) groups excluding carboxylic acids is 1. The largest absolute Gasteiger partial charge is 2.00 e. The summed E-state index contributed by atoms with van der Waals surface area (Å²) in [6.07, 6.45) is 1.55. The first-order chi connectivity index (χ1) is 2.41. The van der Waals surface area contributed by atoms with E-state index in [1.54, 1.807) is 6.29 Å². The summed E-state index contributed by atoms with van der Waals surface area (Å²) in [5, 5.41) is 0. The van der Waals surface area contributed by atoms with Gasteiger partial charge in [0, 0.05) is 7.11 Å². The van der Waals surface area contributed by atoms with Crippen LogP contribution in [0.15, 0.2) is 0 Å². The fourth-order valence-corrected chi connectivity index (χ4v) is 0.0589. The molecule has 0 bridgehead atoms. The van der Waals surface area contributed by atoms with Crippen molar-refractivity contribution in [2.24, 2.45) is 0 Å². The third-order valence-electron chi connectivity index (χ3n) is 0.203. The first-order valence-electron chi connectivity index (χ1n) is 1.25. The van der Waals surface area contributed by atoms with Crippen LogP contribution < -0.4 is 0 Å². The van der Waals surface area contributed by atoms with Gasteiger partial charge < -0.3 is 15.0 Å². The Hall–Kier alpha value is 0.213. The van der Waals surface area contributed by atoms with Crippen LogP contribution in [0.5, 0.6) is 0 Å². The van der Waals surface area contributed by atoms with Crippen LogP contribution in [0.3, 0.4) is 0 Å². The van der Waals surface area contributed by atoms with Gasteiger partial charge in [0.1, 0.15) is 0 Å². The van der Waals surface area contributed by atoms with Crippen molar-refractivity contribution in [3.63, 3.8) is 0 Å². The summed E-state index contributed by atoms with van der Waals surface area (Å²) in [4.78, 5) is 9.15. The van der Waals surface area contributed by atoms with Crippen LogP contribution in [0.4, 0.5) is 0 Å². The second-order valence-corrected chi connectivity index (χ2v) is 0.577. The Morgan fingerprint density at radius 2 is 2.14 bits per heavy atom. The third-order valence-corrected chi connectivity index (χ3v) is 0.203. The van der Waals surface area contributed by atoms with E-state index in [-0.39, 0.29) is 31.6 Å². The summed E-state index contributed by atoms with van der Waals surface area (Å²) in [6, 6.07) is 0. The second-order valence-electron chi connectivity index (χ2n) is 0.577. The number of hydrogen-bond donors (Lipinski definition) is 0. The van der Waals surface area contributed by atoms with Crippen molar-refractivity contribution < 1.29 is 34.5 Å². The topological polar surface area (TPSA) is 54.8 Å². The zero-order chi connectivity index (χ0) is 4.12. The van der Waals surface area contributed by atoms with Crippen LogP contribution in [0, 0.1) is 0 Å². The summed E-state index contributed by atoms with van der Waals surface area (Å²) in [6.45, 7) is 0.0833. The van der Waals surface area contributed by atoms with Crippen molar-refractivity contribution in [3.05, 3.63) is 0 Å². The standard InChI is InChI=1S/C3H5O2.O.Zn/c1-5-3-2-4;;/h3H2,1H3;;/q-1;-2;+2. The van der Waals surface area contributed by atoms with E-state index in [1.807, 2.05) is 0 Å². The second kappa shape index (κ2) is 16.4. The minimum Gasteiger partial charge on any atom is -2.00 e. The van der Waals surface area contributed by atoms with Crippen LogP contribution in [0.1, 0.15) is 0 Å². The minimum atomic E-state index is 0. The Bertz CT molecular complexity index is 31.4. The van der Waals surface area contributed by atoms with Crippen LogP contribution in [0.2, 0.25) is 0 Å².